The Bertz CT molecular complexity index is 710. The Hall–Kier alpha value is -2.40. The normalized spacial score (nSPS) is 13.9. The van der Waals surface area contributed by atoms with Gasteiger partial charge < -0.3 is 5.32 Å². The third-order valence-electron chi connectivity index (χ3n) is 3.45. The van der Waals surface area contributed by atoms with Crippen molar-refractivity contribution in [1.29, 1.82) is 0 Å². The Kier molecular flexibility index (Phi) is 4.06. The van der Waals surface area contributed by atoms with Crippen molar-refractivity contribution in [1.82, 2.24) is 9.88 Å². The van der Waals surface area contributed by atoms with Crippen molar-refractivity contribution in [2.45, 2.75) is 6.92 Å². The summed E-state index contributed by atoms with van der Waals surface area (Å²) in [6, 6.07) is 9.13. The predicted molar refractivity (Wildman–Crippen MR) is 87.4 cm³/mol. The number of nitrogens with zero attached hydrogens (tertiary/aromatic N) is 3. The highest BCUT2D eigenvalue weighted by molar-refractivity contribution is 6.34. The highest BCUT2D eigenvalue weighted by atomic mass is 35.5. The second-order valence-electron chi connectivity index (χ2n) is 4.96. The molecule has 0 radical (unpaired) electrons. The first-order valence-corrected chi connectivity index (χ1v) is 7.33. The molecular weight excluding hydrogens is 300 g/mol. The topological polar surface area (TPSA) is 57.6 Å². The van der Waals surface area contributed by atoms with Gasteiger partial charge in [0.25, 0.3) is 5.91 Å². The molecular formula is C16H15ClN4O. The standard InChI is InChI=1S/C16H15ClN4O/c1-11-4-2-6-13(17)14(11)20-16-19-8-9-21(16)15(22)12-5-3-7-18-10-12/h2-7,10H,8-9H2,1H3,(H,19,20). The van der Waals surface area contributed by atoms with Crippen molar-refractivity contribution in [2.24, 2.45) is 4.99 Å². The van der Waals surface area contributed by atoms with Crippen LogP contribution in [0.2, 0.25) is 5.02 Å². The van der Waals surface area contributed by atoms with E-state index in [1.54, 1.807) is 35.5 Å². The number of halogens is 1. The number of rotatable bonds is 2. The van der Waals surface area contributed by atoms with E-state index in [1.165, 1.54) is 0 Å². The minimum atomic E-state index is -0.124. The lowest BCUT2D eigenvalue weighted by molar-refractivity contribution is 0.0857. The molecule has 1 aliphatic heterocycles. The first-order chi connectivity index (χ1) is 10.7. The lowest BCUT2D eigenvalue weighted by Gasteiger charge is -2.20. The summed E-state index contributed by atoms with van der Waals surface area (Å²) < 4.78 is 0. The number of aromatic nitrogens is 1. The van der Waals surface area contributed by atoms with E-state index in [9.17, 15) is 4.79 Å². The van der Waals surface area contributed by atoms with E-state index >= 15 is 0 Å². The van der Waals surface area contributed by atoms with E-state index in [0.29, 0.717) is 29.6 Å². The van der Waals surface area contributed by atoms with Crippen LogP contribution in [0.5, 0.6) is 0 Å². The number of hydrogen-bond acceptors (Lipinski definition) is 4. The minimum absolute atomic E-state index is 0.124. The van der Waals surface area contributed by atoms with Crippen molar-refractivity contribution >= 4 is 29.2 Å². The third-order valence-corrected chi connectivity index (χ3v) is 3.77. The van der Waals surface area contributed by atoms with Gasteiger partial charge in [0, 0.05) is 18.9 Å². The number of para-hydroxylation sites is 1. The van der Waals surface area contributed by atoms with Gasteiger partial charge in [0.15, 0.2) is 0 Å². The summed E-state index contributed by atoms with van der Waals surface area (Å²) >= 11 is 6.22. The summed E-state index contributed by atoms with van der Waals surface area (Å²) in [5, 5.41) is 3.78. The maximum absolute atomic E-state index is 12.5. The molecule has 0 unspecified atom stereocenters. The number of pyridine rings is 1. The van der Waals surface area contributed by atoms with Crippen LogP contribution < -0.4 is 5.32 Å². The summed E-state index contributed by atoms with van der Waals surface area (Å²) in [6.45, 7) is 3.06. The molecule has 1 amide bonds. The summed E-state index contributed by atoms with van der Waals surface area (Å²) in [5.74, 6) is 0.395. The van der Waals surface area contributed by atoms with E-state index in [2.05, 4.69) is 15.3 Å². The zero-order valence-electron chi connectivity index (χ0n) is 12.1. The van der Waals surface area contributed by atoms with Gasteiger partial charge in [-0.1, -0.05) is 23.7 Å². The molecule has 0 saturated heterocycles. The molecule has 0 bridgehead atoms. The highest BCUT2D eigenvalue weighted by Crippen LogP contribution is 2.26. The van der Waals surface area contributed by atoms with Crippen LogP contribution in [-0.4, -0.2) is 34.8 Å². The molecule has 5 nitrogen and oxygen atoms in total. The molecule has 1 N–H and O–H groups in total. The minimum Gasteiger partial charge on any atom is -0.324 e. The fourth-order valence-corrected chi connectivity index (χ4v) is 2.57. The van der Waals surface area contributed by atoms with Crippen LogP contribution in [0.25, 0.3) is 0 Å². The lowest BCUT2D eigenvalue weighted by atomic mass is 10.2. The number of hydrogen-bond donors (Lipinski definition) is 1. The zero-order valence-corrected chi connectivity index (χ0v) is 12.8. The number of carbonyl (C=O) groups is 1. The van der Waals surface area contributed by atoms with E-state index in [0.717, 1.165) is 11.3 Å². The maximum Gasteiger partial charge on any atom is 0.262 e. The number of anilines is 1. The molecule has 0 aliphatic carbocycles. The Morgan fingerprint density at radius 3 is 2.91 bits per heavy atom. The zero-order chi connectivity index (χ0) is 15.5. The van der Waals surface area contributed by atoms with Crippen LogP contribution in [0.3, 0.4) is 0 Å². The summed E-state index contributed by atoms with van der Waals surface area (Å²) in [7, 11) is 0. The summed E-state index contributed by atoms with van der Waals surface area (Å²) in [5.41, 5.74) is 2.31. The molecule has 1 aromatic carbocycles. The Labute approximate surface area is 133 Å². The first-order valence-electron chi connectivity index (χ1n) is 6.95. The third kappa shape index (κ3) is 2.80. The van der Waals surface area contributed by atoms with Crippen LogP contribution in [0.1, 0.15) is 15.9 Å². The number of aliphatic imine (C=N–C) groups is 1. The average molecular weight is 315 g/mol. The van der Waals surface area contributed by atoms with Gasteiger partial charge in [0.05, 0.1) is 22.8 Å². The SMILES string of the molecule is Cc1cccc(Cl)c1NC1=NCCN1C(=O)c1cccnc1. The molecule has 0 spiro atoms. The van der Waals surface area contributed by atoms with Gasteiger partial charge in [-0.05, 0) is 30.7 Å². The Morgan fingerprint density at radius 2 is 2.18 bits per heavy atom. The second-order valence-corrected chi connectivity index (χ2v) is 5.37. The quantitative estimate of drug-likeness (QED) is 0.927. The molecule has 0 atom stereocenters. The molecule has 6 heteroatoms. The fourth-order valence-electron chi connectivity index (χ4n) is 2.30. The molecule has 22 heavy (non-hydrogen) atoms. The fraction of sp³-hybridized carbons (Fsp3) is 0.188. The molecule has 1 aliphatic rings. The highest BCUT2D eigenvalue weighted by Gasteiger charge is 2.25. The number of guanidine groups is 1. The molecule has 2 aromatic rings. The molecule has 2 heterocycles. The molecule has 1 aromatic heterocycles. The monoisotopic (exact) mass is 314 g/mol. The van der Waals surface area contributed by atoms with Crippen molar-refractivity contribution in [3.63, 3.8) is 0 Å². The average Bonchev–Trinajstić information content (AvgIpc) is 2.99. The largest absolute Gasteiger partial charge is 0.324 e. The summed E-state index contributed by atoms with van der Waals surface area (Å²) in [4.78, 5) is 22.5. The van der Waals surface area contributed by atoms with E-state index < -0.39 is 0 Å². The van der Waals surface area contributed by atoms with Gasteiger partial charge in [-0.15, -0.1) is 0 Å². The van der Waals surface area contributed by atoms with Crippen molar-refractivity contribution in [2.75, 3.05) is 18.4 Å². The van der Waals surface area contributed by atoms with Crippen LogP contribution in [0, 0.1) is 6.92 Å². The van der Waals surface area contributed by atoms with E-state index in [4.69, 9.17) is 11.6 Å². The Balaban J connectivity index is 1.84. The molecule has 0 saturated carbocycles. The first kappa shape index (κ1) is 14.5. The van der Waals surface area contributed by atoms with Gasteiger partial charge in [-0.2, -0.15) is 0 Å². The maximum atomic E-state index is 12.5. The van der Waals surface area contributed by atoms with Gasteiger partial charge in [-0.25, -0.2) is 0 Å². The van der Waals surface area contributed by atoms with Crippen LogP contribution in [-0.2, 0) is 0 Å². The van der Waals surface area contributed by atoms with Crippen molar-refractivity contribution in [3.05, 3.63) is 58.9 Å². The van der Waals surface area contributed by atoms with Gasteiger partial charge >= 0.3 is 0 Å². The number of amides is 1. The number of carbonyl (C=O) groups excluding carboxylic acids is 1. The van der Waals surface area contributed by atoms with E-state index in [1.807, 2.05) is 19.1 Å². The van der Waals surface area contributed by atoms with Gasteiger partial charge in [-0.3, -0.25) is 19.7 Å². The molecule has 3 rings (SSSR count). The second kappa shape index (κ2) is 6.15. The van der Waals surface area contributed by atoms with Crippen molar-refractivity contribution < 1.29 is 4.79 Å². The Morgan fingerprint density at radius 1 is 1.32 bits per heavy atom. The molecule has 112 valence electrons. The van der Waals surface area contributed by atoms with Crippen LogP contribution >= 0.6 is 11.6 Å². The molecule has 0 fully saturated rings. The van der Waals surface area contributed by atoms with Gasteiger partial charge in [0.2, 0.25) is 5.96 Å². The summed E-state index contributed by atoms with van der Waals surface area (Å²) in [6.07, 6.45) is 3.19. The van der Waals surface area contributed by atoms with Crippen molar-refractivity contribution in [3.8, 4) is 0 Å². The number of aryl methyl sites for hydroxylation is 1. The number of nitrogens with one attached hydrogen (secondary N) is 1. The van der Waals surface area contributed by atoms with Gasteiger partial charge in [0.1, 0.15) is 0 Å². The number of benzene rings is 1. The van der Waals surface area contributed by atoms with Crippen LogP contribution in [0.15, 0.2) is 47.7 Å². The lowest BCUT2D eigenvalue weighted by Crippen LogP contribution is -2.38. The predicted octanol–water partition coefficient (Wildman–Crippen LogP) is 2.97. The van der Waals surface area contributed by atoms with Crippen LogP contribution in [0.4, 0.5) is 5.69 Å². The van der Waals surface area contributed by atoms with E-state index in [-0.39, 0.29) is 5.91 Å². The smallest absolute Gasteiger partial charge is 0.262 e.